The fraction of sp³-hybridized carbons (Fsp3) is 0.417. The highest BCUT2D eigenvalue weighted by molar-refractivity contribution is 7.92. The molecule has 0 heterocycles. The van der Waals surface area contributed by atoms with E-state index >= 15 is 0 Å². The lowest BCUT2D eigenvalue weighted by Crippen LogP contribution is -2.33. The fourth-order valence-corrected chi connectivity index (χ4v) is 3.30. The molecule has 8 heteroatoms. The van der Waals surface area contributed by atoms with Crippen LogP contribution in [0.2, 0.25) is 10.0 Å². The van der Waals surface area contributed by atoms with Crippen LogP contribution < -0.4 is 4.31 Å². The number of carboxylic acid groups (broad SMARTS) is 1. The maximum absolute atomic E-state index is 12.1. The zero-order valence-corrected chi connectivity index (χ0v) is 13.2. The Hall–Kier alpha value is -0.980. The van der Waals surface area contributed by atoms with Gasteiger partial charge in [-0.2, -0.15) is 0 Å². The molecule has 0 aliphatic carbocycles. The average molecular weight is 340 g/mol. The molecule has 0 aromatic heterocycles. The summed E-state index contributed by atoms with van der Waals surface area (Å²) in [6.45, 7) is 1.59. The van der Waals surface area contributed by atoms with E-state index in [1.807, 2.05) is 0 Å². The molecule has 0 amide bonds. The van der Waals surface area contributed by atoms with Gasteiger partial charge in [0.15, 0.2) is 0 Å². The van der Waals surface area contributed by atoms with Crippen molar-refractivity contribution >= 4 is 44.9 Å². The molecule has 1 N–H and O–H groups in total. The van der Waals surface area contributed by atoms with Gasteiger partial charge in [-0.05, 0) is 31.5 Å². The lowest BCUT2D eigenvalue weighted by molar-refractivity contribution is -0.137. The molecule has 1 aromatic carbocycles. The van der Waals surface area contributed by atoms with Crippen molar-refractivity contribution in [1.82, 2.24) is 0 Å². The maximum Gasteiger partial charge on any atom is 0.303 e. The van der Waals surface area contributed by atoms with Gasteiger partial charge in [0.05, 0.1) is 11.4 Å². The van der Waals surface area contributed by atoms with E-state index in [0.29, 0.717) is 15.7 Å². The van der Waals surface area contributed by atoms with E-state index in [1.54, 1.807) is 0 Å². The first-order valence-electron chi connectivity index (χ1n) is 5.94. The molecule has 0 saturated heterocycles. The summed E-state index contributed by atoms with van der Waals surface area (Å²) in [5, 5.41) is 9.28. The molecule has 1 rings (SSSR count). The van der Waals surface area contributed by atoms with E-state index in [-0.39, 0.29) is 25.1 Å². The Morgan fingerprint density at radius 3 is 2.25 bits per heavy atom. The second kappa shape index (κ2) is 7.15. The summed E-state index contributed by atoms with van der Waals surface area (Å²) in [7, 11) is -3.52. The number of anilines is 1. The van der Waals surface area contributed by atoms with Gasteiger partial charge in [-0.25, -0.2) is 8.42 Å². The normalized spacial score (nSPS) is 11.3. The first kappa shape index (κ1) is 17.1. The number of benzene rings is 1. The zero-order valence-electron chi connectivity index (χ0n) is 10.8. The third-order valence-corrected chi connectivity index (χ3v) is 4.82. The number of rotatable bonds is 7. The van der Waals surface area contributed by atoms with Crippen molar-refractivity contribution in [2.45, 2.75) is 19.8 Å². The standard InChI is InChI=1S/C12H15Cl2NO4S/c1-2-20(18,19)15(5-3-4-12(16)17)11-7-9(13)6-10(14)8-11/h6-8H,2-5H2,1H3,(H,16,17). The van der Waals surface area contributed by atoms with Crippen LogP contribution in [-0.4, -0.2) is 31.8 Å². The largest absolute Gasteiger partial charge is 0.481 e. The predicted molar refractivity (Wildman–Crippen MR) is 80.1 cm³/mol. The zero-order chi connectivity index (χ0) is 15.3. The van der Waals surface area contributed by atoms with Crippen molar-refractivity contribution in [1.29, 1.82) is 0 Å². The van der Waals surface area contributed by atoms with Gasteiger partial charge in [0.25, 0.3) is 0 Å². The van der Waals surface area contributed by atoms with Crippen LogP contribution in [0.4, 0.5) is 5.69 Å². The number of carboxylic acids is 1. The molecule has 112 valence electrons. The summed E-state index contributed by atoms with van der Waals surface area (Å²) in [6, 6.07) is 4.48. The second-order valence-corrected chi connectivity index (χ2v) is 7.15. The monoisotopic (exact) mass is 339 g/mol. The summed E-state index contributed by atoms with van der Waals surface area (Å²) in [5.41, 5.74) is 0.342. The molecular formula is C12H15Cl2NO4S. The highest BCUT2D eigenvalue weighted by atomic mass is 35.5. The number of halogens is 2. The van der Waals surface area contributed by atoms with Crippen molar-refractivity contribution < 1.29 is 18.3 Å². The summed E-state index contributed by atoms with van der Waals surface area (Å²) in [6.07, 6.45) is 0.0999. The van der Waals surface area contributed by atoms with E-state index in [1.165, 1.54) is 25.1 Å². The Morgan fingerprint density at radius 2 is 1.80 bits per heavy atom. The molecule has 0 aliphatic heterocycles. The smallest absolute Gasteiger partial charge is 0.303 e. The summed E-state index contributed by atoms with van der Waals surface area (Å²) in [5.74, 6) is -1.06. The SMILES string of the molecule is CCS(=O)(=O)N(CCCC(=O)O)c1cc(Cl)cc(Cl)c1. The number of nitrogens with zero attached hydrogens (tertiary/aromatic N) is 1. The van der Waals surface area contributed by atoms with Crippen molar-refractivity contribution in [2.24, 2.45) is 0 Å². The number of aliphatic carboxylic acids is 1. The van der Waals surface area contributed by atoms with E-state index in [4.69, 9.17) is 28.3 Å². The fourth-order valence-electron chi connectivity index (χ4n) is 1.64. The topological polar surface area (TPSA) is 74.7 Å². The van der Waals surface area contributed by atoms with E-state index in [0.717, 1.165) is 4.31 Å². The first-order valence-corrected chi connectivity index (χ1v) is 8.31. The predicted octanol–water partition coefficient (Wildman–Crippen LogP) is 3.01. The molecule has 0 spiro atoms. The van der Waals surface area contributed by atoms with Gasteiger partial charge in [-0.15, -0.1) is 0 Å². The molecule has 5 nitrogen and oxygen atoms in total. The Morgan fingerprint density at radius 1 is 1.25 bits per heavy atom. The molecule has 0 fully saturated rings. The Bertz CT molecular complexity index is 569. The van der Waals surface area contributed by atoms with Gasteiger partial charge < -0.3 is 5.11 Å². The van der Waals surface area contributed by atoms with Gasteiger partial charge in [0.2, 0.25) is 10.0 Å². The summed E-state index contributed by atoms with van der Waals surface area (Å²) < 4.78 is 25.3. The molecular weight excluding hydrogens is 325 g/mol. The molecule has 1 aromatic rings. The minimum absolute atomic E-state index is 0.0686. The van der Waals surface area contributed by atoms with Crippen LogP contribution in [0.1, 0.15) is 19.8 Å². The number of hydrogen-bond donors (Lipinski definition) is 1. The number of sulfonamides is 1. The molecule has 0 aliphatic rings. The third-order valence-electron chi connectivity index (χ3n) is 2.59. The van der Waals surface area contributed by atoms with Crippen molar-refractivity contribution in [2.75, 3.05) is 16.6 Å². The summed E-state index contributed by atoms with van der Waals surface area (Å²) in [4.78, 5) is 10.5. The molecule has 0 bridgehead atoms. The van der Waals surface area contributed by atoms with E-state index in [2.05, 4.69) is 0 Å². The molecule has 0 saturated carbocycles. The Kier molecular flexibility index (Phi) is 6.10. The van der Waals surface area contributed by atoms with Crippen molar-refractivity contribution in [3.05, 3.63) is 28.2 Å². The van der Waals surface area contributed by atoms with Gasteiger partial charge in [0.1, 0.15) is 0 Å². The minimum Gasteiger partial charge on any atom is -0.481 e. The minimum atomic E-state index is -3.52. The van der Waals surface area contributed by atoms with Gasteiger partial charge in [-0.1, -0.05) is 23.2 Å². The molecule has 20 heavy (non-hydrogen) atoms. The highest BCUT2D eigenvalue weighted by Gasteiger charge is 2.21. The van der Waals surface area contributed by atoms with E-state index in [9.17, 15) is 13.2 Å². The van der Waals surface area contributed by atoms with Crippen molar-refractivity contribution in [3.63, 3.8) is 0 Å². The van der Waals surface area contributed by atoms with Crippen LogP contribution in [0, 0.1) is 0 Å². The number of hydrogen-bond acceptors (Lipinski definition) is 3. The average Bonchev–Trinajstić information content (AvgIpc) is 2.32. The van der Waals surface area contributed by atoms with Crippen LogP contribution in [-0.2, 0) is 14.8 Å². The van der Waals surface area contributed by atoms with Crippen LogP contribution in [0.5, 0.6) is 0 Å². The lowest BCUT2D eigenvalue weighted by Gasteiger charge is -2.24. The van der Waals surface area contributed by atoms with Crippen molar-refractivity contribution in [3.8, 4) is 0 Å². The van der Waals surface area contributed by atoms with Crippen LogP contribution in [0.3, 0.4) is 0 Å². The van der Waals surface area contributed by atoms with Gasteiger partial charge in [0, 0.05) is 23.0 Å². The highest BCUT2D eigenvalue weighted by Crippen LogP contribution is 2.27. The van der Waals surface area contributed by atoms with E-state index < -0.39 is 16.0 Å². The maximum atomic E-state index is 12.1. The van der Waals surface area contributed by atoms with Crippen LogP contribution >= 0.6 is 23.2 Å². The Labute approximate surface area is 128 Å². The second-order valence-electron chi connectivity index (χ2n) is 4.10. The molecule has 0 unspecified atom stereocenters. The molecule has 0 radical (unpaired) electrons. The Balaban J connectivity index is 3.07. The van der Waals surface area contributed by atoms with Gasteiger partial charge >= 0.3 is 5.97 Å². The lowest BCUT2D eigenvalue weighted by atomic mass is 10.3. The van der Waals surface area contributed by atoms with Crippen LogP contribution in [0.15, 0.2) is 18.2 Å². The van der Waals surface area contributed by atoms with Gasteiger partial charge in [-0.3, -0.25) is 9.10 Å². The molecule has 0 atom stereocenters. The number of carbonyl (C=O) groups is 1. The quantitative estimate of drug-likeness (QED) is 0.828. The van der Waals surface area contributed by atoms with Crippen LogP contribution in [0.25, 0.3) is 0 Å². The third kappa shape index (κ3) is 4.85. The summed E-state index contributed by atoms with van der Waals surface area (Å²) >= 11 is 11.7. The first-order chi connectivity index (χ1) is 9.26.